The van der Waals surface area contributed by atoms with Gasteiger partial charge in [-0.2, -0.15) is 0 Å². The zero-order valence-corrected chi connectivity index (χ0v) is 11.5. The first-order valence-corrected chi connectivity index (χ1v) is 6.45. The summed E-state index contributed by atoms with van der Waals surface area (Å²) in [5, 5.41) is 0. The predicted octanol–water partition coefficient (Wildman–Crippen LogP) is 4.85. The van der Waals surface area contributed by atoms with Gasteiger partial charge in [0, 0.05) is 6.42 Å². The van der Waals surface area contributed by atoms with Crippen molar-refractivity contribution in [3.8, 4) is 0 Å². The molecular formula is C16H26O. The van der Waals surface area contributed by atoms with Crippen LogP contribution in [0.3, 0.4) is 0 Å². The molecule has 0 amide bonds. The van der Waals surface area contributed by atoms with Crippen LogP contribution in [0.15, 0.2) is 36.0 Å². The Morgan fingerprint density at radius 3 is 2.41 bits per heavy atom. The molecule has 0 spiro atoms. The van der Waals surface area contributed by atoms with Crippen LogP contribution in [-0.4, -0.2) is 6.29 Å². The molecule has 0 aromatic heterocycles. The minimum Gasteiger partial charge on any atom is -0.303 e. The van der Waals surface area contributed by atoms with Crippen molar-refractivity contribution in [1.82, 2.24) is 0 Å². The summed E-state index contributed by atoms with van der Waals surface area (Å²) >= 11 is 0. The van der Waals surface area contributed by atoms with E-state index in [1.807, 2.05) is 6.08 Å². The second-order valence-corrected chi connectivity index (χ2v) is 4.85. The van der Waals surface area contributed by atoms with Crippen molar-refractivity contribution in [3.05, 3.63) is 36.0 Å². The molecule has 17 heavy (non-hydrogen) atoms. The van der Waals surface area contributed by atoms with Gasteiger partial charge in [0.2, 0.25) is 0 Å². The topological polar surface area (TPSA) is 17.1 Å². The lowest BCUT2D eigenvalue weighted by atomic mass is 9.99. The number of aldehydes is 1. The summed E-state index contributed by atoms with van der Waals surface area (Å²) in [6.07, 6.45) is 12.4. The summed E-state index contributed by atoms with van der Waals surface area (Å²) in [5.41, 5.74) is 2.83. The standard InChI is InChI=1S/C16H26O/c1-5-16(12-13-17)11-7-10-15(4)9-6-8-14(2)3/h5,8,10,13,16H,1,6-7,9,11-12H2,2-4H3. The monoisotopic (exact) mass is 234 g/mol. The Balaban J connectivity index is 3.86. The molecule has 0 heterocycles. The van der Waals surface area contributed by atoms with Gasteiger partial charge < -0.3 is 4.79 Å². The zero-order chi connectivity index (χ0) is 13.1. The maximum Gasteiger partial charge on any atom is 0.120 e. The molecule has 0 N–H and O–H groups in total. The molecule has 1 nitrogen and oxygen atoms in total. The fourth-order valence-electron chi connectivity index (χ4n) is 1.69. The summed E-state index contributed by atoms with van der Waals surface area (Å²) in [6, 6.07) is 0. The molecule has 0 aliphatic heterocycles. The van der Waals surface area contributed by atoms with E-state index < -0.39 is 0 Å². The van der Waals surface area contributed by atoms with Crippen LogP contribution in [0.1, 0.15) is 52.9 Å². The molecule has 0 aromatic rings. The van der Waals surface area contributed by atoms with Gasteiger partial charge in [-0.15, -0.1) is 6.58 Å². The van der Waals surface area contributed by atoms with E-state index in [0.717, 1.165) is 32.0 Å². The number of hydrogen-bond donors (Lipinski definition) is 0. The molecule has 0 aromatic carbocycles. The maximum atomic E-state index is 10.4. The van der Waals surface area contributed by atoms with E-state index in [9.17, 15) is 4.79 Å². The molecule has 0 aliphatic rings. The van der Waals surface area contributed by atoms with E-state index in [0.29, 0.717) is 12.3 Å². The minimum atomic E-state index is 0.342. The minimum absolute atomic E-state index is 0.342. The van der Waals surface area contributed by atoms with Gasteiger partial charge in [-0.3, -0.25) is 0 Å². The number of hydrogen-bond acceptors (Lipinski definition) is 1. The second-order valence-electron chi connectivity index (χ2n) is 4.85. The molecule has 96 valence electrons. The molecule has 0 bridgehead atoms. The van der Waals surface area contributed by atoms with Gasteiger partial charge in [-0.1, -0.05) is 29.4 Å². The fraction of sp³-hybridized carbons (Fsp3) is 0.562. The molecule has 0 saturated heterocycles. The van der Waals surface area contributed by atoms with Crippen LogP contribution in [0.4, 0.5) is 0 Å². The first-order valence-electron chi connectivity index (χ1n) is 6.45. The van der Waals surface area contributed by atoms with Crippen LogP contribution >= 0.6 is 0 Å². The molecular weight excluding hydrogens is 208 g/mol. The van der Waals surface area contributed by atoms with Gasteiger partial charge in [-0.05, 0) is 52.4 Å². The van der Waals surface area contributed by atoms with Crippen molar-refractivity contribution in [3.63, 3.8) is 0 Å². The van der Waals surface area contributed by atoms with Crippen LogP contribution < -0.4 is 0 Å². The predicted molar refractivity (Wildman–Crippen MR) is 76.0 cm³/mol. The van der Waals surface area contributed by atoms with Crippen LogP contribution in [0, 0.1) is 5.92 Å². The third-order valence-corrected chi connectivity index (χ3v) is 2.85. The first kappa shape index (κ1) is 15.9. The summed E-state index contributed by atoms with van der Waals surface area (Å²) < 4.78 is 0. The highest BCUT2D eigenvalue weighted by molar-refractivity contribution is 5.50. The van der Waals surface area contributed by atoms with Gasteiger partial charge in [-0.25, -0.2) is 0 Å². The van der Waals surface area contributed by atoms with Gasteiger partial charge in [0.25, 0.3) is 0 Å². The summed E-state index contributed by atoms with van der Waals surface area (Å²) in [5.74, 6) is 0.342. The molecule has 0 fully saturated rings. The van der Waals surface area contributed by atoms with E-state index in [-0.39, 0.29) is 0 Å². The van der Waals surface area contributed by atoms with Crippen molar-refractivity contribution in [2.75, 3.05) is 0 Å². The smallest absolute Gasteiger partial charge is 0.120 e. The van der Waals surface area contributed by atoms with E-state index in [2.05, 4.69) is 39.5 Å². The number of carbonyl (C=O) groups is 1. The molecule has 1 unspecified atom stereocenters. The van der Waals surface area contributed by atoms with Crippen molar-refractivity contribution in [2.24, 2.45) is 5.92 Å². The number of allylic oxidation sites excluding steroid dienone is 5. The molecule has 1 heteroatoms. The van der Waals surface area contributed by atoms with E-state index in [4.69, 9.17) is 0 Å². The third kappa shape index (κ3) is 9.80. The van der Waals surface area contributed by atoms with Crippen molar-refractivity contribution in [2.45, 2.75) is 52.9 Å². The Kier molecular flexibility index (Phi) is 9.41. The quantitative estimate of drug-likeness (QED) is 0.411. The Morgan fingerprint density at radius 1 is 1.18 bits per heavy atom. The van der Waals surface area contributed by atoms with Gasteiger partial charge in [0.15, 0.2) is 0 Å². The summed E-state index contributed by atoms with van der Waals surface area (Å²) in [7, 11) is 0. The van der Waals surface area contributed by atoms with Crippen LogP contribution in [0.25, 0.3) is 0 Å². The van der Waals surface area contributed by atoms with Crippen molar-refractivity contribution >= 4 is 6.29 Å². The largest absolute Gasteiger partial charge is 0.303 e. The highest BCUT2D eigenvalue weighted by atomic mass is 16.1. The lowest BCUT2D eigenvalue weighted by molar-refractivity contribution is -0.108. The van der Waals surface area contributed by atoms with Gasteiger partial charge in [0.1, 0.15) is 6.29 Å². The molecule has 1 atom stereocenters. The summed E-state index contributed by atoms with van der Waals surface area (Å²) in [6.45, 7) is 10.2. The normalized spacial score (nSPS) is 13.0. The Hall–Kier alpha value is -1.11. The fourth-order valence-corrected chi connectivity index (χ4v) is 1.69. The Bertz CT molecular complexity index is 280. The number of rotatable bonds is 9. The van der Waals surface area contributed by atoms with Crippen LogP contribution in [-0.2, 0) is 4.79 Å². The van der Waals surface area contributed by atoms with Crippen molar-refractivity contribution in [1.29, 1.82) is 0 Å². The molecule has 0 rings (SSSR count). The Morgan fingerprint density at radius 2 is 1.88 bits per heavy atom. The van der Waals surface area contributed by atoms with E-state index >= 15 is 0 Å². The third-order valence-electron chi connectivity index (χ3n) is 2.85. The van der Waals surface area contributed by atoms with E-state index in [1.54, 1.807) is 0 Å². The van der Waals surface area contributed by atoms with Crippen LogP contribution in [0.5, 0.6) is 0 Å². The lowest BCUT2D eigenvalue weighted by Crippen LogP contribution is -1.96. The highest BCUT2D eigenvalue weighted by Crippen LogP contribution is 2.14. The molecule has 0 radical (unpaired) electrons. The average molecular weight is 234 g/mol. The first-order chi connectivity index (χ1) is 8.10. The Labute approximate surface area is 106 Å². The van der Waals surface area contributed by atoms with Crippen molar-refractivity contribution < 1.29 is 4.79 Å². The SMILES string of the molecule is C=CC(CC=O)CCC=C(C)CCC=C(C)C. The second kappa shape index (κ2) is 10.1. The van der Waals surface area contributed by atoms with E-state index in [1.165, 1.54) is 11.1 Å². The average Bonchev–Trinajstić information content (AvgIpc) is 2.27. The summed E-state index contributed by atoms with van der Waals surface area (Å²) in [4.78, 5) is 10.4. The lowest BCUT2D eigenvalue weighted by Gasteiger charge is -2.06. The molecule has 0 aliphatic carbocycles. The number of carbonyl (C=O) groups excluding carboxylic acids is 1. The van der Waals surface area contributed by atoms with Crippen LogP contribution in [0.2, 0.25) is 0 Å². The molecule has 0 saturated carbocycles. The maximum absolute atomic E-state index is 10.4. The zero-order valence-electron chi connectivity index (χ0n) is 11.5. The highest BCUT2D eigenvalue weighted by Gasteiger charge is 2.01. The van der Waals surface area contributed by atoms with Gasteiger partial charge in [0.05, 0.1) is 0 Å². The van der Waals surface area contributed by atoms with Gasteiger partial charge >= 0.3 is 0 Å².